The quantitative estimate of drug-likeness (QED) is 0.785. The Kier molecular flexibility index (Phi) is 4.96. The zero-order chi connectivity index (χ0) is 13.7. The number of hydrogen-bond acceptors (Lipinski definition) is 5. The number of nitrogens with zero attached hydrogens (tertiary/aromatic N) is 4. The first-order valence-electron chi connectivity index (χ1n) is 6.99. The Morgan fingerprint density at radius 1 is 1.21 bits per heavy atom. The van der Waals surface area contributed by atoms with Crippen LogP contribution in [0.1, 0.15) is 25.7 Å². The molecule has 19 heavy (non-hydrogen) atoms. The third-order valence-corrected chi connectivity index (χ3v) is 3.49. The van der Waals surface area contributed by atoms with Crippen LogP contribution in [0.5, 0.6) is 0 Å². The van der Waals surface area contributed by atoms with Gasteiger partial charge >= 0.3 is 0 Å². The summed E-state index contributed by atoms with van der Waals surface area (Å²) in [6, 6.07) is 0. The van der Waals surface area contributed by atoms with Gasteiger partial charge < -0.3 is 14.5 Å². The van der Waals surface area contributed by atoms with Crippen molar-refractivity contribution in [3.05, 3.63) is 12.4 Å². The van der Waals surface area contributed by atoms with Crippen molar-refractivity contribution < 1.29 is 4.74 Å². The van der Waals surface area contributed by atoms with E-state index < -0.39 is 0 Å². The van der Waals surface area contributed by atoms with Gasteiger partial charge in [0.1, 0.15) is 0 Å². The largest absolute Gasteiger partial charge is 0.378 e. The van der Waals surface area contributed by atoms with Crippen molar-refractivity contribution in [2.24, 2.45) is 0 Å². The Labute approximate surface area is 115 Å². The molecule has 1 atom stereocenters. The molecule has 1 aromatic rings. The molecule has 2 heterocycles. The first kappa shape index (κ1) is 14.1. The summed E-state index contributed by atoms with van der Waals surface area (Å²) in [5, 5.41) is 0. The van der Waals surface area contributed by atoms with E-state index in [1.807, 2.05) is 19.0 Å². The summed E-state index contributed by atoms with van der Waals surface area (Å²) in [6.07, 6.45) is 8.67. The molecule has 1 aromatic heterocycles. The second-order valence-electron chi connectivity index (χ2n) is 5.30. The molecule has 2 rings (SSSR count). The fourth-order valence-electron chi connectivity index (χ4n) is 2.44. The standard InChI is InChI=1S/C14H24N4O/c1-17(2)13-14(16-9-8-15-13)18(3)10-4-6-12-7-5-11-19-12/h8-9,12H,4-7,10-11H2,1-3H3. The van der Waals surface area contributed by atoms with Gasteiger partial charge in [0, 0.05) is 46.7 Å². The monoisotopic (exact) mass is 264 g/mol. The smallest absolute Gasteiger partial charge is 0.171 e. The summed E-state index contributed by atoms with van der Waals surface area (Å²) in [4.78, 5) is 13.0. The fraction of sp³-hybridized carbons (Fsp3) is 0.714. The third kappa shape index (κ3) is 3.80. The van der Waals surface area contributed by atoms with Crippen molar-refractivity contribution in [2.45, 2.75) is 31.8 Å². The lowest BCUT2D eigenvalue weighted by Gasteiger charge is -2.23. The molecule has 1 unspecified atom stereocenters. The van der Waals surface area contributed by atoms with Crippen LogP contribution < -0.4 is 9.80 Å². The molecule has 0 N–H and O–H groups in total. The summed E-state index contributed by atoms with van der Waals surface area (Å²) in [5.74, 6) is 1.86. The van der Waals surface area contributed by atoms with E-state index in [1.165, 1.54) is 12.8 Å². The predicted molar refractivity (Wildman–Crippen MR) is 77.8 cm³/mol. The van der Waals surface area contributed by atoms with Gasteiger partial charge in [-0.05, 0) is 25.7 Å². The van der Waals surface area contributed by atoms with E-state index in [4.69, 9.17) is 4.74 Å². The highest BCUT2D eigenvalue weighted by atomic mass is 16.5. The molecule has 0 saturated carbocycles. The number of hydrogen-bond donors (Lipinski definition) is 0. The molecule has 1 saturated heterocycles. The molecular weight excluding hydrogens is 240 g/mol. The van der Waals surface area contributed by atoms with Crippen molar-refractivity contribution in [3.8, 4) is 0 Å². The maximum Gasteiger partial charge on any atom is 0.171 e. The van der Waals surface area contributed by atoms with Crippen LogP contribution in [0.3, 0.4) is 0 Å². The lowest BCUT2D eigenvalue weighted by Crippen LogP contribution is -2.24. The molecule has 5 nitrogen and oxygen atoms in total. The van der Waals surface area contributed by atoms with Crippen LogP contribution in [0.15, 0.2) is 12.4 Å². The predicted octanol–water partition coefficient (Wildman–Crippen LogP) is 1.94. The SMILES string of the molecule is CN(C)c1nccnc1N(C)CCCC1CCCO1. The molecule has 1 fully saturated rings. The summed E-state index contributed by atoms with van der Waals surface area (Å²) in [7, 11) is 6.06. The maximum absolute atomic E-state index is 5.65. The Bertz CT molecular complexity index is 391. The number of aromatic nitrogens is 2. The van der Waals surface area contributed by atoms with Gasteiger partial charge in [-0.25, -0.2) is 9.97 Å². The number of rotatable bonds is 6. The van der Waals surface area contributed by atoms with Crippen molar-refractivity contribution in [3.63, 3.8) is 0 Å². The zero-order valence-corrected chi connectivity index (χ0v) is 12.2. The fourth-order valence-corrected chi connectivity index (χ4v) is 2.44. The molecule has 106 valence electrons. The minimum absolute atomic E-state index is 0.476. The number of anilines is 2. The lowest BCUT2D eigenvalue weighted by molar-refractivity contribution is 0.103. The van der Waals surface area contributed by atoms with E-state index in [0.717, 1.165) is 37.6 Å². The Morgan fingerprint density at radius 3 is 2.58 bits per heavy atom. The molecule has 0 spiro atoms. The Balaban J connectivity index is 1.86. The second-order valence-corrected chi connectivity index (χ2v) is 5.30. The average Bonchev–Trinajstić information content (AvgIpc) is 2.91. The third-order valence-electron chi connectivity index (χ3n) is 3.49. The molecule has 1 aliphatic heterocycles. The molecular formula is C14H24N4O. The summed E-state index contributed by atoms with van der Waals surface area (Å²) in [6.45, 7) is 1.93. The van der Waals surface area contributed by atoms with Gasteiger partial charge in [-0.3, -0.25) is 0 Å². The van der Waals surface area contributed by atoms with Gasteiger partial charge in [0.15, 0.2) is 11.6 Å². The van der Waals surface area contributed by atoms with Crippen LogP contribution in [0, 0.1) is 0 Å². The van der Waals surface area contributed by atoms with Crippen molar-refractivity contribution in [1.29, 1.82) is 0 Å². The normalized spacial score (nSPS) is 18.6. The number of ether oxygens (including phenoxy) is 1. The zero-order valence-electron chi connectivity index (χ0n) is 12.2. The van der Waals surface area contributed by atoms with E-state index >= 15 is 0 Å². The molecule has 0 amide bonds. The van der Waals surface area contributed by atoms with Crippen LogP contribution in [-0.2, 0) is 4.74 Å². The van der Waals surface area contributed by atoms with Gasteiger partial charge in [-0.1, -0.05) is 0 Å². The molecule has 0 bridgehead atoms. The van der Waals surface area contributed by atoms with Gasteiger partial charge in [0.2, 0.25) is 0 Å². The van der Waals surface area contributed by atoms with Crippen LogP contribution in [-0.4, -0.2) is 50.4 Å². The Hall–Kier alpha value is -1.36. The van der Waals surface area contributed by atoms with Crippen molar-refractivity contribution >= 4 is 11.6 Å². The van der Waals surface area contributed by atoms with Crippen molar-refractivity contribution in [1.82, 2.24) is 9.97 Å². The summed E-state index contributed by atoms with van der Waals surface area (Å²) >= 11 is 0. The van der Waals surface area contributed by atoms with Gasteiger partial charge in [0.05, 0.1) is 6.10 Å². The first-order chi connectivity index (χ1) is 9.18. The topological polar surface area (TPSA) is 41.5 Å². The molecule has 0 aromatic carbocycles. The highest BCUT2D eigenvalue weighted by Crippen LogP contribution is 2.22. The van der Waals surface area contributed by atoms with Crippen LogP contribution in [0.25, 0.3) is 0 Å². The van der Waals surface area contributed by atoms with E-state index in [1.54, 1.807) is 12.4 Å². The highest BCUT2D eigenvalue weighted by Gasteiger charge is 2.16. The molecule has 0 radical (unpaired) electrons. The molecule has 1 aliphatic rings. The van der Waals surface area contributed by atoms with Crippen LogP contribution in [0.4, 0.5) is 11.6 Å². The van der Waals surface area contributed by atoms with Crippen LogP contribution in [0.2, 0.25) is 0 Å². The highest BCUT2D eigenvalue weighted by molar-refractivity contribution is 5.60. The van der Waals surface area contributed by atoms with Gasteiger partial charge in [-0.15, -0.1) is 0 Å². The average molecular weight is 264 g/mol. The second kappa shape index (κ2) is 6.70. The van der Waals surface area contributed by atoms with E-state index in [-0.39, 0.29) is 0 Å². The van der Waals surface area contributed by atoms with Gasteiger partial charge in [-0.2, -0.15) is 0 Å². The van der Waals surface area contributed by atoms with Crippen LogP contribution >= 0.6 is 0 Å². The Morgan fingerprint density at radius 2 is 1.95 bits per heavy atom. The summed E-state index contributed by atoms with van der Waals surface area (Å²) < 4.78 is 5.65. The van der Waals surface area contributed by atoms with Crippen molar-refractivity contribution in [2.75, 3.05) is 44.1 Å². The van der Waals surface area contributed by atoms with E-state index in [9.17, 15) is 0 Å². The minimum atomic E-state index is 0.476. The first-order valence-corrected chi connectivity index (χ1v) is 6.99. The maximum atomic E-state index is 5.65. The summed E-state index contributed by atoms with van der Waals surface area (Å²) in [5.41, 5.74) is 0. The molecule has 0 aliphatic carbocycles. The van der Waals surface area contributed by atoms with Gasteiger partial charge in [0.25, 0.3) is 0 Å². The lowest BCUT2D eigenvalue weighted by atomic mass is 10.1. The van der Waals surface area contributed by atoms with E-state index in [0.29, 0.717) is 6.10 Å². The van der Waals surface area contributed by atoms with E-state index in [2.05, 4.69) is 21.9 Å². The minimum Gasteiger partial charge on any atom is -0.378 e. The molecule has 5 heteroatoms.